The lowest BCUT2D eigenvalue weighted by molar-refractivity contribution is -0.115. The first-order valence-electron chi connectivity index (χ1n) is 9.36. The number of rotatable bonds is 5. The maximum absolute atomic E-state index is 13.0. The van der Waals surface area contributed by atoms with E-state index in [4.69, 9.17) is 0 Å². The number of hydrogen-bond acceptors (Lipinski definition) is 3. The first-order chi connectivity index (χ1) is 13.1. The van der Waals surface area contributed by atoms with Crippen molar-refractivity contribution in [2.75, 3.05) is 31.7 Å². The van der Waals surface area contributed by atoms with Crippen LogP contribution in [0.2, 0.25) is 0 Å². The van der Waals surface area contributed by atoms with Gasteiger partial charge in [-0.25, -0.2) is 0 Å². The van der Waals surface area contributed by atoms with Gasteiger partial charge in [-0.1, -0.05) is 30.3 Å². The van der Waals surface area contributed by atoms with Crippen LogP contribution < -0.4 is 5.32 Å². The Morgan fingerprint density at radius 2 is 2.07 bits per heavy atom. The number of carbonyl (C=O) groups excluding carboxylic acids is 1. The molecular weight excluding hydrogens is 354 g/mol. The van der Waals surface area contributed by atoms with E-state index in [1.807, 2.05) is 12.1 Å². The fourth-order valence-corrected chi connectivity index (χ4v) is 4.78. The van der Waals surface area contributed by atoms with E-state index in [2.05, 4.69) is 71.5 Å². The van der Waals surface area contributed by atoms with Crippen molar-refractivity contribution in [3.63, 3.8) is 0 Å². The van der Waals surface area contributed by atoms with E-state index >= 15 is 0 Å². The summed E-state index contributed by atoms with van der Waals surface area (Å²) in [5.41, 5.74) is 4.47. The van der Waals surface area contributed by atoms with Crippen LogP contribution in [0.3, 0.4) is 0 Å². The Hall–Kier alpha value is -2.24. The summed E-state index contributed by atoms with van der Waals surface area (Å²) >= 11 is 1.73. The predicted octanol–water partition coefficient (Wildman–Crippen LogP) is 4.17. The van der Waals surface area contributed by atoms with Crippen molar-refractivity contribution in [3.05, 3.63) is 65.9 Å². The minimum atomic E-state index is -0.133. The van der Waals surface area contributed by atoms with Gasteiger partial charge in [0.05, 0.1) is 5.52 Å². The van der Waals surface area contributed by atoms with E-state index in [-0.39, 0.29) is 11.2 Å². The normalized spacial score (nSPS) is 16.5. The summed E-state index contributed by atoms with van der Waals surface area (Å²) in [7, 11) is 4.16. The minimum absolute atomic E-state index is 0.0675. The molecule has 2 aromatic carbocycles. The molecule has 0 bridgehead atoms. The van der Waals surface area contributed by atoms with Gasteiger partial charge in [0, 0.05) is 25.0 Å². The highest BCUT2D eigenvalue weighted by molar-refractivity contribution is 8.00. The molecule has 4 rings (SSSR count). The number of aromatic nitrogens is 1. The van der Waals surface area contributed by atoms with Crippen molar-refractivity contribution in [1.29, 1.82) is 0 Å². The van der Waals surface area contributed by atoms with Gasteiger partial charge in [-0.3, -0.25) is 4.79 Å². The molecule has 1 aliphatic heterocycles. The van der Waals surface area contributed by atoms with Crippen LogP contribution in [0.4, 0.5) is 5.69 Å². The van der Waals surface area contributed by atoms with Gasteiger partial charge in [0.2, 0.25) is 5.91 Å². The fourth-order valence-electron chi connectivity index (χ4n) is 3.58. The Kier molecular flexibility index (Phi) is 5.23. The van der Waals surface area contributed by atoms with E-state index in [0.717, 1.165) is 42.0 Å². The van der Waals surface area contributed by atoms with Gasteiger partial charge in [0.1, 0.15) is 5.25 Å². The molecule has 2 heterocycles. The summed E-state index contributed by atoms with van der Waals surface area (Å²) in [6.07, 6.45) is 3.16. The summed E-state index contributed by atoms with van der Waals surface area (Å²) in [5, 5.41) is 4.21. The van der Waals surface area contributed by atoms with Gasteiger partial charge >= 0.3 is 0 Å². The zero-order chi connectivity index (χ0) is 18.8. The SMILES string of the molecule is CN(C)CCn1ccc2ccc(NC(=O)C3SCCc4ccccc43)cc21. The summed E-state index contributed by atoms with van der Waals surface area (Å²) in [6, 6.07) is 16.6. The van der Waals surface area contributed by atoms with Crippen molar-refractivity contribution in [3.8, 4) is 0 Å². The van der Waals surface area contributed by atoms with Crippen LogP contribution in [0, 0.1) is 0 Å². The molecule has 1 atom stereocenters. The van der Waals surface area contributed by atoms with Crippen LogP contribution >= 0.6 is 11.8 Å². The number of benzene rings is 2. The summed E-state index contributed by atoms with van der Waals surface area (Å²) in [5.74, 6) is 1.06. The fraction of sp³-hybridized carbons (Fsp3) is 0.318. The van der Waals surface area contributed by atoms with Gasteiger partial charge in [0.25, 0.3) is 0 Å². The van der Waals surface area contributed by atoms with E-state index in [1.54, 1.807) is 11.8 Å². The van der Waals surface area contributed by atoms with Crippen molar-refractivity contribution >= 4 is 34.3 Å². The van der Waals surface area contributed by atoms with Crippen LogP contribution in [-0.4, -0.2) is 41.8 Å². The standard InChI is InChI=1S/C22H25N3OS/c1-24(2)12-13-25-11-9-17-7-8-18(15-20(17)25)23-22(26)21-19-6-4-3-5-16(19)10-14-27-21/h3-9,11,15,21H,10,12-14H2,1-2H3,(H,23,26). The van der Waals surface area contributed by atoms with Gasteiger partial charge in [-0.05, 0) is 61.0 Å². The number of likely N-dealkylation sites (N-methyl/N-ethyl adjacent to an activating group) is 1. The lowest BCUT2D eigenvalue weighted by Gasteiger charge is -2.24. The van der Waals surface area contributed by atoms with Crippen LogP contribution in [0.25, 0.3) is 10.9 Å². The molecule has 5 heteroatoms. The molecule has 0 spiro atoms. The van der Waals surface area contributed by atoms with Crippen LogP contribution in [0.15, 0.2) is 54.7 Å². The molecule has 0 aliphatic carbocycles. The van der Waals surface area contributed by atoms with E-state index < -0.39 is 0 Å². The Balaban J connectivity index is 1.55. The number of fused-ring (bicyclic) bond motifs is 2. The molecule has 1 aromatic heterocycles. The Labute approximate surface area is 164 Å². The summed E-state index contributed by atoms with van der Waals surface area (Å²) in [6.45, 7) is 1.91. The number of thioether (sulfide) groups is 1. The van der Waals surface area contributed by atoms with Crippen molar-refractivity contribution < 1.29 is 4.79 Å². The number of carbonyl (C=O) groups is 1. The third kappa shape index (κ3) is 3.89. The highest BCUT2D eigenvalue weighted by Gasteiger charge is 2.26. The zero-order valence-corrected chi connectivity index (χ0v) is 16.6. The van der Waals surface area contributed by atoms with Gasteiger partial charge in [-0.2, -0.15) is 0 Å². The van der Waals surface area contributed by atoms with Gasteiger partial charge < -0.3 is 14.8 Å². The summed E-state index contributed by atoms with van der Waals surface area (Å²) in [4.78, 5) is 15.1. The maximum atomic E-state index is 13.0. The lowest BCUT2D eigenvalue weighted by atomic mass is 10.0. The third-order valence-electron chi connectivity index (χ3n) is 5.06. The molecule has 3 aromatic rings. The van der Waals surface area contributed by atoms with E-state index in [0.29, 0.717) is 0 Å². The highest BCUT2D eigenvalue weighted by Crippen LogP contribution is 2.37. The molecule has 140 valence electrons. The van der Waals surface area contributed by atoms with Crippen LogP contribution in [-0.2, 0) is 17.8 Å². The molecule has 0 saturated carbocycles. The molecule has 0 saturated heterocycles. The molecule has 4 nitrogen and oxygen atoms in total. The number of hydrogen-bond donors (Lipinski definition) is 1. The predicted molar refractivity (Wildman–Crippen MR) is 114 cm³/mol. The van der Waals surface area contributed by atoms with Crippen molar-refractivity contribution in [2.24, 2.45) is 0 Å². The molecule has 0 radical (unpaired) electrons. The topological polar surface area (TPSA) is 37.3 Å². The maximum Gasteiger partial charge on any atom is 0.242 e. The molecule has 27 heavy (non-hydrogen) atoms. The van der Waals surface area contributed by atoms with Crippen molar-refractivity contribution in [1.82, 2.24) is 9.47 Å². The number of anilines is 1. The summed E-state index contributed by atoms with van der Waals surface area (Å²) < 4.78 is 2.25. The Morgan fingerprint density at radius 3 is 2.93 bits per heavy atom. The second-order valence-corrected chi connectivity index (χ2v) is 8.49. The average molecular weight is 380 g/mol. The van der Waals surface area contributed by atoms with Gasteiger partial charge in [0.15, 0.2) is 0 Å². The second kappa shape index (κ2) is 7.79. The molecule has 1 unspecified atom stereocenters. The molecule has 0 fully saturated rings. The molecule has 1 amide bonds. The Morgan fingerprint density at radius 1 is 1.22 bits per heavy atom. The van der Waals surface area contributed by atoms with Crippen LogP contribution in [0.5, 0.6) is 0 Å². The van der Waals surface area contributed by atoms with Gasteiger partial charge in [-0.15, -0.1) is 11.8 Å². The largest absolute Gasteiger partial charge is 0.346 e. The Bertz CT molecular complexity index is 963. The second-order valence-electron chi connectivity index (χ2n) is 7.27. The van der Waals surface area contributed by atoms with Crippen LogP contribution in [0.1, 0.15) is 16.4 Å². The first kappa shape index (κ1) is 18.1. The number of nitrogens with zero attached hydrogens (tertiary/aromatic N) is 2. The third-order valence-corrected chi connectivity index (χ3v) is 6.30. The average Bonchev–Trinajstić information content (AvgIpc) is 3.08. The van der Waals surface area contributed by atoms with Crippen molar-refractivity contribution in [2.45, 2.75) is 18.2 Å². The number of aryl methyl sites for hydroxylation is 1. The molecule has 1 aliphatic rings. The lowest BCUT2D eigenvalue weighted by Crippen LogP contribution is -2.23. The van der Waals surface area contributed by atoms with E-state index in [1.165, 1.54) is 10.9 Å². The monoisotopic (exact) mass is 379 g/mol. The number of amides is 1. The first-order valence-corrected chi connectivity index (χ1v) is 10.4. The highest BCUT2D eigenvalue weighted by atomic mass is 32.2. The zero-order valence-electron chi connectivity index (χ0n) is 15.8. The minimum Gasteiger partial charge on any atom is -0.346 e. The van der Waals surface area contributed by atoms with E-state index in [9.17, 15) is 4.79 Å². The quantitative estimate of drug-likeness (QED) is 0.723. The molecular formula is C22H25N3OS. The molecule has 1 N–H and O–H groups in total. The number of nitrogens with one attached hydrogen (secondary N) is 1. The smallest absolute Gasteiger partial charge is 0.242 e.